The predicted octanol–water partition coefficient (Wildman–Crippen LogP) is 2.65. The topological polar surface area (TPSA) is 148 Å². The molecule has 0 unspecified atom stereocenters. The van der Waals surface area contributed by atoms with Gasteiger partial charge in [0, 0.05) is 11.6 Å². The number of non-ortho nitro benzene ring substituents is 1. The summed E-state index contributed by atoms with van der Waals surface area (Å²) in [6.45, 7) is 0. The van der Waals surface area contributed by atoms with E-state index >= 15 is 0 Å². The molecule has 0 amide bonds. The average molecular weight is 330 g/mol. The number of carbonyl (C=O) groups is 1. The summed E-state index contributed by atoms with van der Waals surface area (Å²) in [5, 5.41) is 34.5. The monoisotopic (exact) mass is 330 g/mol. The Morgan fingerprint density at radius 3 is 2.46 bits per heavy atom. The smallest absolute Gasteiger partial charge is 0.336 e. The van der Waals surface area contributed by atoms with Crippen LogP contribution in [0.3, 0.4) is 0 Å². The zero-order valence-corrected chi connectivity index (χ0v) is 11.9. The molecule has 0 saturated carbocycles. The third-order valence-electron chi connectivity index (χ3n) is 2.97. The fraction of sp³-hybridized carbons (Fsp3) is 0. The van der Waals surface area contributed by atoms with E-state index in [0.29, 0.717) is 5.56 Å². The summed E-state index contributed by atoms with van der Waals surface area (Å²) in [4.78, 5) is 31.2. The minimum Gasteiger partial charge on any atom is -0.478 e. The van der Waals surface area contributed by atoms with Crippen LogP contribution in [0.1, 0.15) is 15.9 Å². The first-order valence-corrected chi connectivity index (χ1v) is 6.44. The SMILES string of the molecule is O=C(O)c1ccccc1/C=N/Nc1ccc([N+](=O)[O-])cc1[N+](=O)[O-]. The fourth-order valence-corrected chi connectivity index (χ4v) is 1.85. The standard InChI is InChI=1S/C14H10N4O6/c19-14(20)11-4-2-1-3-9(11)8-15-16-12-6-5-10(17(21)22)7-13(12)18(23)24/h1-8,16H,(H,19,20)/b15-8+. The van der Waals surface area contributed by atoms with Crippen LogP contribution in [0.2, 0.25) is 0 Å². The average Bonchev–Trinajstić information content (AvgIpc) is 2.55. The van der Waals surface area contributed by atoms with E-state index in [1.54, 1.807) is 12.1 Å². The van der Waals surface area contributed by atoms with E-state index in [0.717, 1.165) is 18.2 Å². The second kappa shape index (κ2) is 6.96. The number of carboxylic acid groups (broad SMARTS) is 1. The maximum absolute atomic E-state index is 11.1. The molecule has 122 valence electrons. The highest BCUT2D eigenvalue weighted by molar-refractivity contribution is 5.98. The van der Waals surface area contributed by atoms with Crippen molar-refractivity contribution in [3.63, 3.8) is 0 Å². The minimum atomic E-state index is -1.14. The minimum absolute atomic E-state index is 0.0150. The van der Waals surface area contributed by atoms with E-state index in [4.69, 9.17) is 5.11 Å². The van der Waals surface area contributed by atoms with Gasteiger partial charge in [0.05, 0.1) is 27.7 Å². The van der Waals surface area contributed by atoms with Crippen LogP contribution in [0.25, 0.3) is 0 Å². The van der Waals surface area contributed by atoms with Gasteiger partial charge in [0.1, 0.15) is 5.69 Å². The number of nitro benzene ring substituents is 2. The van der Waals surface area contributed by atoms with E-state index in [1.165, 1.54) is 18.3 Å². The Kier molecular flexibility index (Phi) is 4.80. The first-order valence-electron chi connectivity index (χ1n) is 6.44. The molecule has 10 nitrogen and oxygen atoms in total. The molecule has 2 aromatic carbocycles. The highest BCUT2D eigenvalue weighted by Crippen LogP contribution is 2.28. The van der Waals surface area contributed by atoms with E-state index in [2.05, 4.69) is 10.5 Å². The molecule has 0 atom stereocenters. The first-order chi connectivity index (χ1) is 11.4. The van der Waals surface area contributed by atoms with Crippen molar-refractivity contribution in [2.75, 3.05) is 5.43 Å². The van der Waals surface area contributed by atoms with Crippen molar-refractivity contribution >= 4 is 29.2 Å². The molecule has 0 aliphatic heterocycles. The van der Waals surface area contributed by atoms with Gasteiger partial charge < -0.3 is 5.11 Å². The molecule has 24 heavy (non-hydrogen) atoms. The van der Waals surface area contributed by atoms with Crippen molar-refractivity contribution < 1.29 is 19.7 Å². The van der Waals surface area contributed by atoms with E-state index in [1.807, 2.05) is 0 Å². The van der Waals surface area contributed by atoms with Crippen LogP contribution in [0.5, 0.6) is 0 Å². The maximum atomic E-state index is 11.1. The lowest BCUT2D eigenvalue weighted by Gasteiger charge is -2.03. The van der Waals surface area contributed by atoms with Crippen molar-refractivity contribution in [3.8, 4) is 0 Å². The Morgan fingerprint density at radius 1 is 1.12 bits per heavy atom. The molecule has 10 heteroatoms. The number of rotatable bonds is 6. The summed E-state index contributed by atoms with van der Waals surface area (Å²) in [6.07, 6.45) is 1.19. The van der Waals surface area contributed by atoms with E-state index < -0.39 is 27.2 Å². The molecule has 2 aromatic rings. The second-order valence-corrected chi connectivity index (χ2v) is 4.48. The lowest BCUT2D eigenvalue weighted by Crippen LogP contribution is -2.03. The third-order valence-corrected chi connectivity index (χ3v) is 2.97. The summed E-state index contributed by atoms with van der Waals surface area (Å²) in [7, 11) is 0. The molecular formula is C14H10N4O6. The molecular weight excluding hydrogens is 320 g/mol. The maximum Gasteiger partial charge on any atom is 0.336 e. The highest BCUT2D eigenvalue weighted by Gasteiger charge is 2.19. The summed E-state index contributed by atoms with van der Waals surface area (Å²) in [5.74, 6) is -1.14. The van der Waals surface area contributed by atoms with Crippen LogP contribution < -0.4 is 5.43 Å². The molecule has 2 rings (SSSR count). The van der Waals surface area contributed by atoms with Crippen molar-refractivity contribution in [1.82, 2.24) is 0 Å². The van der Waals surface area contributed by atoms with Crippen LogP contribution in [0.15, 0.2) is 47.6 Å². The van der Waals surface area contributed by atoms with Gasteiger partial charge in [-0.15, -0.1) is 0 Å². The second-order valence-electron chi connectivity index (χ2n) is 4.48. The summed E-state index contributed by atoms with van der Waals surface area (Å²) >= 11 is 0. The quantitative estimate of drug-likeness (QED) is 0.470. The van der Waals surface area contributed by atoms with Crippen LogP contribution in [0, 0.1) is 20.2 Å². The van der Waals surface area contributed by atoms with Gasteiger partial charge in [-0.25, -0.2) is 4.79 Å². The van der Waals surface area contributed by atoms with Gasteiger partial charge in [-0.2, -0.15) is 5.10 Å². The fourth-order valence-electron chi connectivity index (χ4n) is 1.85. The lowest BCUT2D eigenvalue weighted by molar-refractivity contribution is -0.393. The molecule has 0 radical (unpaired) electrons. The van der Waals surface area contributed by atoms with Crippen LogP contribution in [-0.4, -0.2) is 27.1 Å². The zero-order valence-electron chi connectivity index (χ0n) is 11.9. The normalized spacial score (nSPS) is 10.5. The van der Waals surface area contributed by atoms with E-state index in [-0.39, 0.29) is 11.3 Å². The number of aromatic carboxylic acids is 1. The lowest BCUT2D eigenvalue weighted by atomic mass is 10.1. The molecule has 0 heterocycles. The first kappa shape index (κ1) is 16.5. The van der Waals surface area contributed by atoms with Gasteiger partial charge in [0.2, 0.25) is 0 Å². The summed E-state index contributed by atoms with van der Waals surface area (Å²) < 4.78 is 0. The molecule has 0 saturated heterocycles. The molecule has 0 spiro atoms. The summed E-state index contributed by atoms with van der Waals surface area (Å²) in [6, 6.07) is 9.12. The molecule has 0 fully saturated rings. The number of anilines is 1. The summed E-state index contributed by atoms with van der Waals surface area (Å²) in [5.41, 5.74) is 1.69. The Labute approximate surface area is 134 Å². The number of nitrogens with zero attached hydrogens (tertiary/aromatic N) is 3. The van der Waals surface area contributed by atoms with Crippen LogP contribution in [0.4, 0.5) is 17.1 Å². The van der Waals surface area contributed by atoms with Gasteiger partial charge in [-0.3, -0.25) is 25.7 Å². The van der Waals surface area contributed by atoms with Gasteiger partial charge in [0.15, 0.2) is 0 Å². The van der Waals surface area contributed by atoms with Crippen molar-refractivity contribution in [2.24, 2.45) is 5.10 Å². The number of carboxylic acids is 1. The number of benzene rings is 2. The van der Waals surface area contributed by atoms with Crippen molar-refractivity contribution in [2.45, 2.75) is 0 Å². The van der Waals surface area contributed by atoms with Gasteiger partial charge >= 0.3 is 11.7 Å². The third kappa shape index (κ3) is 3.68. The molecule has 0 aromatic heterocycles. The largest absolute Gasteiger partial charge is 0.478 e. The van der Waals surface area contributed by atoms with Crippen LogP contribution >= 0.6 is 0 Å². The Balaban J connectivity index is 2.28. The van der Waals surface area contributed by atoms with Gasteiger partial charge in [-0.1, -0.05) is 18.2 Å². The molecule has 0 aliphatic carbocycles. The molecule has 0 aliphatic rings. The zero-order chi connectivity index (χ0) is 17.7. The Morgan fingerprint density at radius 2 is 1.83 bits per heavy atom. The number of hydrogen-bond acceptors (Lipinski definition) is 7. The van der Waals surface area contributed by atoms with E-state index in [9.17, 15) is 25.0 Å². The van der Waals surface area contributed by atoms with Gasteiger partial charge in [-0.05, 0) is 12.1 Å². The van der Waals surface area contributed by atoms with Crippen LogP contribution in [-0.2, 0) is 0 Å². The Hall–Kier alpha value is -3.82. The Bertz CT molecular complexity index is 849. The molecule has 2 N–H and O–H groups in total. The predicted molar refractivity (Wildman–Crippen MR) is 84.4 cm³/mol. The van der Waals surface area contributed by atoms with Crippen molar-refractivity contribution in [3.05, 3.63) is 73.8 Å². The highest BCUT2D eigenvalue weighted by atomic mass is 16.6. The number of nitrogens with one attached hydrogen (secondary N) is 1. The van der Waals surface area contributed by atoms with Gasteiger partial charge in [0.25, 0.3) is 5.69 Å². The number of nitro groups is 2. The van der Waals surface area contributed by atoms with Crippen molar-refractivity contribution in [1.29, 1.82) is 0 Å². The number of hydrogen-bond donors (Lipinski definition) is 2. The number of hydrazone groups is 1. The molecule has 0 bridgehead atoms.